The fraction of sp³-hybridized carbons (Fsp3) is 0.556. The number of nitrogens with one attached hydrogen (secondary N) is 1. The number of amides is 3. The fourth-order valence-electron chi connectivity index (χ4n) is 3.65. The summed E-state index contributed by atoms with van der Waals surface area (Å²) in [5.74, 6) is -0.455. The number of halogens is 1. The molecule has 130 valence electrons. The highest BCUT2D eigenvalue weighted by molar-refractivity contribution is 5.96. The maximum atomic E-state index is 13.4. The van der Waals surface area contributed by atoms with Crippen molar-refractivity contribution in [2.45, 2.75) is 51.1 Å². The standard InChI is InChI=1S/C18H24FN3O2/c1-2-15-7-3-4-9-21(15)18(24)20-14-11-17(23)22(12-14)16-8-5-6-13(19)10-16/h5-6,8,10,14-15H,2-4,7,9,11-12H2,1H3,(H,20,24). The first-order valence-corrected chi connectivity index (χ1v) is 8.71. The van der Waals surface area contributed by atoms with Crippen molar-refractivity contribution >= 4 is 17.6 Å². The molecule has 2 heterocycles. The average Bonchev–Trinajstić information content (AvgIpc) is 2.95. The molecule has 2 fully saturated rings. The smallest absolute Gasteiger partial charge is 0.317 e. The number of hydrogen-bond acceptors (Lipinski definition) is 2. The summed E-state index contributed by atoms with van der Waals surface area (Å²) in [6.07, 6.45) is 4.45. The topological polar surface area (TPSA) is 52.7 Å². The largest absolute Gasteiger partial charge is 0.333 e. The lowest BCUT2D eigenvalue weighted by Gasteiger charge is -2.35. The van der Waals surface area contributed by atoms with Gasteiger partial charge >= 0.3 is 6.03 Å². The number of urea groups is 1. The van der Waals surface area contributed by atoms with Gasteiger partial charge in [0.05, 0.1) is 6.04 Å². The van der Waals surface area contributed by atoms with E-state index in [2.05, 4.69) is 12.2 Å². The van der Waals surface area contributed by atoms with Crippen molar-refractivity contribution in [2.24, 2.45) is 0 Å². The molecule has 0 saturated carbocycles. The Bertz CT molecular complexity index is 622. The number of anilines is 1. The van der Waals surface area contributed by atoms with Crippen molar-refractivity contribution in [3.05, 3.63) is 30.1 Å². The molecule has 2 aliphatic rings. The zero-order valence-electron chi connectivity index (χ0n) is 14.0. The molecule has 2 atom stereocenters. The van der Waals surface area contributed by atoms with Crippen molar-refractivity contribution in [1.29, 1.82) is 0 Å². The second-order valence-electron chi connectivity index (χ2n) is 6.59. The van der Waals surface area contributed by atoms with E-state index in [1.165, 1.54) is 12.1 Å². The number of carbonyl (C=O) groups excluding carboxylic acids is 2. The van der Waals surface area contributed by atoms with Gasteiger partial charge in [-0.1, -0.05) is 13.0 Å². The Morgan fingerprint density at radius 2 is 2.21 bits per heavy atom. The number of rotatable bonds is 3. The van der Waals surface area contributed by atoms with E-state index in [4.69, 9.17) is 0 Å². The van der Waals surface area contributed by atoms with Gasteiger partial charge in [-0.05, 0) is 43.9 Å². The summed E-state index contributed by atoms with van der Waals surface area (Å²) >= 11 is 0. The lowest BCUT2D eigenvalue weighted by molar-refractivity contribution is -0.117. The third-order valence-electron chi connectivity index (χ3n) is 4.93. The highest BCUT2D eigenvalue weighted by atomic mass is 19.1. The van der Waals surface area contributed by atoms with Gasteiger partial charge in [0, 0.05) is 31.2 Å². The summed E-state index contributed by atoms with van der Waals surface area (Å²) < 4.78 is 13.4. The molecule has 0 radical (unpaired) electrons. The van der Waals surface area contributed by atoms with Crippen LogP contribution < -0.4 is 10.2 Å². The molecule has 0 bridgehead atoms. The van der Waals surface area contributed by atoms with Crippen molar-refractivity contribution < 1.29 is 14.0 Å². The van der Waals surface area contributed by atoms with E-state index in [1.807, 2.05) is 4.90 Å². The van der Waals surface area contributed by atoms with Crippen LogP contribution >= 0.6 is 0 Å². The number of carbonyl (C=O) groups is 2. The summed E-state index contributed by atoms with van der Waals surface area (Å²) in [6.45, 7) is 3.26. The van der Waals surface area contributed by atoms with Crippen molar-refractivity contribution in [1.82, 2.24) is 10.2 Å². The van der Waals surface area contributed by atoms with E-state index in [1.54, 1.807) is 17.0 Å². The average molecular weight is 333 g/mol. The Morgan fingerprint density at radius 3 is 2.96 bits per heavy atom. The maximum Gasteiger partial charge on any atom is 0.317 e. The quantitative estimate of drug-likeness (QED) is 0.925. The lowest BCUT2D eigenvalue weighted by Crippen LogP contribution is -2.51. The molecule has 1 N–H and O–H groups in total. The van der Waals surface area contributed by atoms with Gasteiger partial charge < -0.3 is 15.1 Å². The molecule has 3 rings (SSSR count). The van der Waals surface area contributed by atoms with Crippen LogP contribution in [0, 0.1) is 5.82 Å². The molecule has 2 aliphatic heterocycles. The normalized spacial score (nSPS) is 24.3. The van der Waals surface area contributed by atoms with Crippen molar-refractivity contribution in [3.63, 3.8) is 0 Å². The third kappa shape index (κ3) is 3.52. The van der Waals surface area contributed by atoms with Crippen LogP contribution in [0.4, 0.5) is 14.9 Å². The monoisotopic (exact) mass is 333 g/mol. The molecule has 6 heteroatoms. The summed E-state index contributed by atoms with van der Waals surface area (Å²) in [4.78, 5) is 28.2. The molecule has 2 unspecified atom stereocenters. The summed E-state index contributed by atoms with van der Waals surface area (Å²) in [6, 6.07) is 5.97. The van der Waals surface area contributed by atoms with Gasteiger partial charge in [-0.25, -0.2) is 9.18 Å². The fourth-order valence-corrected chi connectivity index (χ4v) is 3.65. The Balaban J connectivity index is 1.62. The first-order valence-electron chi connectivity index (χ1n) is 8.71. The highest BCUT2D eigenvalue weighted by Crippen LogP contribution is 2.23. The number of hydrogen-bond donors (Lipinski definition) is 1. The highest BCUT2D eigenvalue weighted by Gasteiger charge is 2.34. The minimum atomic E-state index is -0.369. The second-order valence-corrected chi connectivity index (χ2v) is 6.59. The van der Waals surface area contributed by atoms with E-state index in [0.717, 1.165) is 32.2 Å². The van der Waals surface area contributed by atoms with Crippen LogP contribution in [0.1, 0.15) is 39.0 Å². The third-order valence-corrected chi connectivity index (χ3v) is 4.93. The Labute approximate surface area is 141 Å². The molecule has 1 aromatic rings. The van der Waals surface area contributed by atoms with E-state index < -0.39 is 0 Å². The molecule has 24 heavy (non-hydrogen) atoms. The second kappa shape index (κ2) is 7.20. The van der Waals surface area contributed by atoms with Crippen LogP contribution in [0.2, 0.25) is 0 Å². The summed E-state index contributed by atoms with van der Waals surface area (Å²) in [5, 5.41) is 2.99. The van der Waals surface area contributed by atoms with Crippen LogP contribution in [0.5, 0.6) is 0 Å². The molecule has 5 nitrogen and oxygen atoms in total. The van der Waals surface area contributed by atoms with Crippen molar-refractivity contribution in [3.8, 4) is 0 Å². The van der Waals surface area contributed by atoms with Gasteiger partial charge in [0.25, 0.3) is 0 Å². The summed E-state index contributed by atoms with van der Waals surface area (Å²) in [7, 11) is 0. The van der Waals surface area contributed by atoms with Crippen LogP contribution in [-0.4, -0.2) is 42.0 Å². The molecule has 0 spiro atoms. The molecule has 3 amide bonds. The van der Waals surface area contributed by atoms with Crippen LogP contribution in [0.3, 0.4) is 0 Å². The Hall–Kier alpha value is -2.11. The van der Waals surface area contributed by atoms with Crippen LogP contribution in [0.25, 0.3) is 0 Å². The number of nitrogens with zero attached hydrogens (tertiary/aromatic N) is 2. The van der Waals surface area contributed by atoms with Crippen molar-refractivity contribution in [2.75, 3.05) is 18.0 Å². The van der Waals surface area contributed by atoms with E-state index in [0.29, 0.717) is 12.2 Å². The molecular formula is C18H24FN3O2. The first-order chi connectivity index (χ1) is 11.6. The van der Waals surface area contributed by atoms with Gasteiger partial charge in [-0.2, -0.15) is 0 Å². The Morgan fingerprint density at radius 1 is 1.38 bits per heavy atom. The van der Waals surface area contributed by atoms with Gasteiger partial charge in [-0.15, -0.1) is 0 Å². The molecular weight excluding hydrogens is 309 g/mol. The maximum absolute atomic E-state index is 13.4. The van der Waals surface area contributed by atoms with Gasteiger partial charge in [0.15, 0.2) is 0 Å². The zero-order chi connectivity index (χ0) is 17.1. The molecule has 1 aromatic carbocycles. The van der Waals surface area contributed by atoms with Gasteiger partial charge in [0.1, 0.15) is 5.82 Å². The van der Waals surface area contributed by atoms with Gasteiger partial charge in [-0.3, -0.25) is 4.79 Å². The van der Waals surface area contributed by atoms with E-state index in [9.17, 15) is 14.0 Å². The van der Waals surface area contributed by atoms with E-state index >= 15 is 0 Å². The predicted molar refractivity (Wildman–Crippen MR) is 90.3 cm³/mol. The number of benzene rings is 1. The molecule has 0 aromatic heterocycles. The number of piperidine rings is 1. The Kier molecular flexibility index (Phi) is 5.02. The first kappa shape index (κ1) is 16.7. The van der Waals surface area contributed by atoms with Gasteiger partial charge in [0.2, 0.25) is 5.91 Å². The minimum absolute atomic E-state index is 0.0829. The molecule has 2 saturated heterocycles. The lowest BCUT2D eigenvalue weighted by atomic mass is 10.0. The van der Waals surface area contributed by atoms with Crippen LogP contribution in [0.15, 0.2) is 24.3 Å². The number of likely N-dealkylation sites (tertiary alicyclic amines) is 1. The summed E-state index contributed by atoms with van der Waals surface area (Å²) in [5.41, 5.74) is 0.543. The van der Waals surface area contributed by atoms with Crippen LogP contribution in [-0.2, 0) is 4.79 Å². The zero-order valence-corrected chi connectivity index (χ0v) is 14.0. The van der Waals surface area contributed by atoms with E-state index in [-0.39, 0.29) is 36.3 Å². The minimum Gasteiger partial charge on any atom is -0.333 e. The molecule has 0 aliphatic carbocycles. The predicted octanol–water partition coefficient (Wildman–Crippen LogP) is 2.91. The SMILES string of the molecule is CCC1CCCCN1C(=O)NC1CC(=O)N(c2cccc(F)c2)C1.